The number of carbonyl (C=O) groups is 6. The number of carbonyl (C=O) groups excluding carboxylic acids is 5. The molecule has 2 fully saturated rings. The van der Waals surface area contributed by atoms with Crippen LogP contribution in [0.5, 0.6) is 0 Å². The number of esters is 1. The molecule has 4 aromatic rings. The summed E-state index contributed by atoms with van der Waals surface area (Å²) in [5.74, 6) is 0.465. The summed E-state index contributed by atoms with van der Waals surface area (Å²) in [7, 11) is 1.42. The number of anilines is 2. The fraction of sp³-hybridized carbons (Fsp3) is 0.593. The van der Waals surface area contributed by atoms with Gasteiger partial charge in [0.05, 0.1) is 101 Å². The van der Waals surface area contributed by atoms with Gasteiger partial charge in [-0.05, 0) is 201 Å². The van der Waals surface area contributed by atoms with E-state index < -0.39 is 65.6 Å². The molecular formula is C81H136ClIN16O19S5. The lowest BCUT2D eigenvalue weighted by Crippen LogP contribution is -2.50. The Kier molecular flexibility index (Phi) is 66.2. The molecule has 6 aliphatic rings. The van der Waals surface area contributed by atoms with Crippen LogP contribution < -0.4 is 48.7 Å². The number of pyridine rings is 1. The molecule has 123 heavy (non-hydrogen) atoms. The van der Waals surface area contributed by atoms with Crippen molar-refractivity contribution in [2.75, 3.05) is 133 Å². The number of benzene rings is 3. The highest BCUT2D eigenvalue weighted by atomic mass is 127. The molecule has 19 N–H and O–H groups in total. The van der Waals surface area contributed by atoms with Crippen LogP contribution in [0.3, 0.4) is 0 Å². The van der Waals surface area contributed by atoms with Gasteiger partial charge in [0.15, 0.2) is 27.4 Å². The quantitative estimate of drug-likeness (QED) is 0.0158. The summed E-state index contributed by atoms with van der Waals surface area (Å²) in [4.78, 5) is 96.4. The van der Waals surface area contributed by atoms with E-state index in [-0.39, 0.29) is 103 Å². The number of fused-ring (bicyclic) bond motifs is 1. The molecule has 1 aromatic heterocycles. The van der Waals surface area contributed by atoms with E-state index in [4.69, 9.17) is 68.2 Å². The number of alkyl halides is 1. The van der Waals surface area contributed by atoms with E-state index in [0.717, 1.165) is 57.0 Å². The highest BCUT2D eigenvalue weighted by Crippen LogP contribution is 2.37. The monoisotopic (exact) mass is 1960 g/mol. The van der Waals surface area contributed by atoms with E-state index in [0.29, 0.717) is 107 Å². The Morgan fingerprint density at radius 3 is 1.49 bits per heavy atom. The first-order valence-electron chi connectivity index (χ1n) is 37.9. The highest BCUT2D eigenvalue weighted by molar-refractivity contribution is 14.1. The summed E-state index contributed by atoms with van der Waals surface area (Å²) >= 11 is 17.7. The molecule has 2 amide bonds. The predicted molar refractivity (Wildman–Crippen MR) is 515 cm³/mol. The number of methoxy groups -OCH3 is 1. The lowest BCUT2D eigenvalue weighted by molar-refractivity contribution is -0.142. The van der Waals surface area contributed by atoms with E-state index in [1.165, 1.54) is 23.8 Å². The van der Waals surface area contributed by atoms with E-state index in [2.05, 4.69) is 120 Å². The summed E-state index contributed by atoms with van der Waals surface area (Å²) in [6.07, 6.45) is 2.74. The molecule has 0 spiro atoms. The van der Waals surface area contributed by atoms with Crippen LogP contribution in [0.1, 0.15) is 133 Å². The molecule has 0 saturated carbocycles. The summed E-state index contributed by atoms with van der Waals surface area (Å²) in [6.45, 7) is 23.8. The first-order chi connectivity index (χ1) is 56.2. The zero-order valence-corrected chi connectivity index (χ0v) is 77.6. The van der Waals surface area contributed by atoms with Crippen molar-refractivity contribution in [2.45, 2.75) is 183 Å². The maximum atomic E-state index is 13.2. The summed E-state index contributed by atoms with van der Waals surface area (Å²) in [6, 6.07) is 25.0. The maximum Gasteiger partial charge on any atom is 0.519 e. The Hall–Kier alpha value is -7.56. The number of halogens is 2. The molecule has 6 aliphatic heterocycles. The Labute approximate surface area is 770 Å². The van der Waals surface area contributed by atoms with E-state index >= 15 is 0 Å². The van der Waals surface area contributed by atoms with Crippen LogP contribution in [0.4, 0.5) is 25.8 Å². The number of aliphatic imine (C=N–C) groups is 4. The number of para-hydroxylation sites is 1. The number of ether oxygens (including phenoxy) is 5. The van der Waals surface area contributed by atoms with Gasteiger partial charge in [0.25, 0.3) is 0 Å². The van der Waals surface area contributed by atoms with Gasteiger partial charge in [0.1, 0.15) is 16.8 Å². The molecule has 5 unspecified atom stereocenters. The Bertz CT molecular complexity index is 3850. The van der Waals surface area contributed by atoms with Crippen LogP contribution in [-0.2, 0) is 50.9 Å². The van der Waals surface area contributed by atoms with Crippen molar-refractivity contribution in [3.8, 4) is 0 Å². The van der Waals surface area contributed by atoms with Crippen molar-refractivity contribution >= 4 is 185 Å². The highest BCUT2D eigenvalue weighted by Gasteiger charge is 2.33. The Morgan fingerprint density at radius 2 is 1.09 bits per heavy atom. The van der Waals surface area contributed by atoms with Gasteiger partial charge in [0, 0.05) is 92.8 Å². The number of β-amino-alcohol motifs (C(OH)–C–C–N with tert-alkyl or cyclic N) is 5. The number of carboxylic acid groups (broad SMARTS) is 1. The van der Waals surface area contributed by atoms with Gasteiger partial charge in [-0.1, -0.05) is 111 Å². The molecule has 5 atom stereocenters. The number of nitrogens with two attached hydrogens (primary N) is 2. The van der Waals surface area contributed by atoms with Crippen LogP contribution in [0.2, 0.25) is 0 Å². The molecule has 2 saturated heterocycles. The summed E-state index contributed by atoms with van der Waals surface area (Å²) in [5.41, 5.74) is 13.2. The molecule has 0 aliphatic carbocycles. The van der Waals surface area contributed by atoms with E-state index in [1.54, 1.807) is 99.2 Å². The lowest BCUT2D eigenvalue weighted by Gasteiger charge is -2.36. The number of likely N-dealkylation sites (tertiary alicyclic amines) is 1. The second-order valence-electron chi connectivity index (χ2n) is 29.2. The number of aromatic nitrogens is 1. The summed E-state index contributed by atoms with van der Waals surface area (Å²) < 4.78 is 26.0. The molecular weight excluding hydrogens is 1820 g/mol. The third kappa shape index (κ3) is 56.2. The van der Waals surface area contributed by atoms with Crippen LogP contribution in [-0.4, -0.2) is 300 Å². The number of aliphatic hydroxyl groups excluding tert-OH is 7. The number of amidine groups is 2. The number of nitrogens with zero attached hydrogens (tertiary/aromatic N) is 7. The minimum absolute atomic E-state index is 0. The number of aliphatic carboxylic acids is 1. The number of guanidine groups is 2. The molecule has 698 valence electrons. The second-order valence-corrected chi connectivity index (χ2v) is 31.8. The first kappa shape index (κ1) is 122. The fourth-order valence-electron chi connectivity index (χ4n) is 10.3. The van der Waals surface area contributed by atoms with Crippen molar-refractivity contribution in [1.82, 2.24) is 41.4 Å². The average Bonchev–Trinajstić information content (AvgIpc) is 0.788. The molecule has 10 rings (SSSR count). The molecule has 7 heterocycles. The Balaban J connectivity index is -0.000000717. The number of rotatable bonds is 12. The van der Waals surface area contributed by atoms with Gasteiger partial charge in [0.2, 0.25) is 5.91 Å². The van der Waals surface area contributed by atoms with Crippen molar-refractivity contribution in [2.24, 2.45) is 37.4 Å². The number of thiocarbonyl (C=S) groups is 3. The predicted octanol–water partition coefficient (Wildman–Crippen LogP) is 8.49. The Morgan fingerprint density at radius 1 is 0.642 bits per heavy atom. The standard InChI is InChI=1S/C30H35N5O4.C12H15N3O3.C10H18N2O3S.C10H18O5.C5H10N2OS.C4H8N2OS.C3H10N2O.C2H6O.CH3I.CS2.3CH4.ClH/c1-39-29(38)16-26(23-15-22-6-2-3-8-27(22)31-17-23)21-9-11-35(12-10-21)28(37)14-20-5-4-7-24(13-20)34-30-32-18-25(36)19-33-30;16-10-6-13-12(14-7-10)15-9-3-1-2-8(4-9)5-11(17)18;1-10(2,3)15-9(14)12-6-7(13)5-11-8(12)16-4;1-9(2,3)14-7(11)13-8(12)15-10(4,5)6;1-9-5-6-2-4(8)3-7-5;7-3-1-5-4(8)6-2-3;4-1-3(6)2-5;1-2-3;1-2;2-1-3;;;;/h2-8,13,15,17,21,25-26,36H,9-12,14,16,18-19H2,1H3,(H2,32,33,34);1-4,10,16H,5-7H2,(H,17,18)(H2,13,14,15);7,13H,5-6H2,1-4H3;1-6H3;4,8H,2-3H2,1H3,(H,6,7);3,7H,1-2H2,(H2,5,6,8);3,6H,1-2,4-5H2;3H,2H2,1H3;1H3;;3*1H4;1H. The van der Waals surface area contributed by atoms with Gasteiger partial charge in [-0.15, -0.1) is 12.4 Å². The third-order valence-corrected chi connectivity index (χ3v) is 17.3. The minimum Gasteiger partial charge on any atom is -0.481 e. The van der Waals surface area contributed by atoms with Crippen molar-refractivity contribution in [3.63, 3.8) is 0 Å². The normalized spacial score (nSPS) is 17.1. The van der Waals surface area contributed by atoms with E-state index in [1.807, 2.05) is 87.5 Å². The summed E-state index contributed by atoms with van der Waals surface area (Å²) in [5, 5.41) is 94.9. The maximum absolute atomic E-state index is 13.2. The molecule has 3 aromatic carbocycles. The largest absolute Gasteiger partial charge is 0.519 e. The number of hydrogen-bond donors (Lipinski definition) is 17. The topological polar surface area (TPSA) is 515 Å². The SMILES string of the molecule is C.C.C.CC(C)(C)OC(=O)OC(=O)OC(C)(C)C.CCO.CI.COC(=O)CC(c1cnc2ccccc2c1)C1CCN(C(=O)Cc2cccc(NC3=NCC(O)CN3)c2)CC1.CSC1=NCC(O)CN1.CSC1=NCC(O)CN1C(=O)OC(C)(C)C.Cl.NCC(O)CN.O=C(O)Cc1cccc(NC2=NCC(O)CN2)c1.OC1CNC(=S)NC1.S=C=S. The zero-order valence-electron chi connectivity index (χ0n) is 70.5. The number of carboxylic acids is 1. The van der Waals surface area contributed by atoms with Gasteiger partial charge in [-0.2, -0.15) is 0 Å². The number of aliphatic hydroxyl groups is 7. The number of nitrogens with one attached hydrogen (secondary N) is 7. The van der Waals surface area contributed by atoms with E-state index in [9.17, 15) is 44.1 Å². The first-order valence-corrected chi connectivity index (χ1v) is 43.8. The smallest absolute Gasteiger partial charge is 0.481 e. The van der Waals surface area contributed by atoms with Gasteiger partial charge in [-0.25, -0.2) is 14.4 Å². The second kappa shape index (κ2) is 66.8. The lowest BCUT2D eigenvalue weighted by atomic mass is 9.78. The number of hydrogen-bond acceptors (Lipinski definition) is 35. The van der Waals surface area contributed by atoms with Gasteiger partial charge >= 0.3 is 30.3 Å². The van der Waals surface area contributed by atoms with Gasteiger partial charge < -0.3 is 118 Å². The molecule has 35 nitrogen and oxygen atoms in total. The number of thioether (sulfide) groups is 2. The van der Waals surface area contributed by atoms with Crippen molar-refractivity contribution in [1.29, 1.82) is 0 Å². The zero-order chi connectivity index (χ0) is 89.8. The minimum atomic E-state index is -1.06. The van der Waals surface area contributed by atoms with Crippen molar-refractivity contribution in [3.05, 3.63) is 102 Å². The van der Waals surface area contributed by atoms with Crippen LogP contribution in [0.25, 0.3) is 10.9 Å². The van der Waals surface area contributed by atoms with Crippen LogP contribution in [0.15, 0.2) is 105 Å². The molecule has 0 bridgehead atoms. The fourth-order valence-corrected chi connectivity index (χ4v) is 11.5. The third-order valence-electron chi connectivity index (χ3n) is 15.6. The van der Waals surface area contributed by atoms with Crippen LogP contribution in [0, 0.1) is 5.92 Å². The number of piperidine rings is 1. The van der Waals surface area contributed by atoms with Crippen molar-refractivity contribution < 1.29 is 93.3 Å². The molecule has 42 heteroatoms. The number of amides is 2. The van der Waals surface area contributed by atoms with Gasteiger partial charge in [-0.3, -0.25) is 44.2 Å². The molecule has 0 radical (unpaired) electrons. The van der Waals surface area contributed by atoms with Crippen LogP contribution >= 0.6 is 95.2 Å². The average molecular weight is 1960 g/mol.